The van der Waals surface area contributed by atoms with Crippen LogP contribution >= 0.6 is 0 Å². The zero-order valence-electron chi connectivity index (χ0n) is 10.7. The molecule has 2 N–H and O–H groups in total. The summed E-state index contributed by atoms with van der Waals surface area (Å²) in [6, 6.07) is 9.06. The number of carboxylic acids is 1. The third kappa shape index (κ3) is 3.11. The van der Waals surface area contributed by atoms with Crippen LogP contribution in [0.4, 0.5) is 5.69 Å². The highest BCUT2D eigenvalue weighted by Gasteiger charge is 2.10. The maximum Gasteiger partial charge on any atom is 0.335 e. The van der Waals surface area contributed by atoms with Gasteiger partial charge in [0.15, 0.2) is 0 Å². The summed E-state index contributed by atoms with van der Waals surface area (Å²) in [4.78, 5) is 26.8. The van der Waals surface area contributed by atoms with E-state index in [1.807, 2.05) is 0 Å². The number of pyridine rings is 1. The van der Waals surface area contributed by atoms with Crippen LogP contribution in [0.5, 0.6) is 5.88 Å². The predicted octanol–water partition coefficient (Wildman–Crippen LogP) is 2.04. The number of benzene rings is 1. The summed E-state index contributed by atoms with van der Waals surface area (Å²) in [5.41, 5.74) is 0.822. The number of hydrogen-bond donors (Lipinski definition) is 2. The molecule has 0 aliphatic heterocycles. The molecule has 6 nitrogen and oxygen atoms in total. The van der Waals surface area contributed by atoms with Crippen molar-refractivity contribution in [1.82, 2.24) is 4.98 Å². The topological polar surface area (TPSA) is 88.5 Å². The molecular formula is C14H12N2O4. The van der Waals surface area contributed by atoms with Gasteiger partial charge in [-0.05, 0) is 24.3 Å². The van der Waals surface area contributed by atoms with Crippen LogP contribution < -0.4 is 10.1 Å². The average molecular weight is 272 g/mol. The minimum atomic E-state index is -1.08. The van der Waals surface area contributed by atoms with E-state index in [1.54, 1.807) is 18.2 Å². The molecule has 1 heterocycles. The minimum absolute atomic E-state index is 0.0607. The van der Waals surface area contributed by atoms with E-state index in [1.165, 1.54) is 31.5 Å². The number of carbonyl (C=O) groups is 2. The lowest BCUT2D eigenvalue weighted by Crippen LogP contribution is -2.13. The molecule has 0 unspecified atom stereocenters. The van der Waals surface area contributed by atoms with Crippen LogP contribution in [0.15, 0.2) is 42.6 Å². The average Bonchev–Trinajstić information content (AvgIpc) is 2.48. The van der Waals surface area contributed by atoms with Gasteiger partial charge < -0.3 is 15.2 Å². The highest BCUT2D eigenvalue weighted by molar-refractivity contribution is 6.05. The number of anilines is 1. The number of carboxylic acid groups (broad SMARTS) is 1. The Morgan fingerprint density at radius 3 is 2.55 bits per heavy atom. The molecule has 102 valence electrons. The summed E-state index contributed by atoms with van der Waals surface area (Å²) in [5, 5.41) is 11.5. The summed E-state index contributed by atoms with van der Waals surface area (Å²) < 4.78 is 4.91. The summed E-state index contributed by atoms with van der Waals surface area (Å²) >= 11 is 0. The molecule has 1 aromatic heterocycles. The van der Waals surface area contributed by atoms with Crippen molar-refractivity contribution in [3.8, 4) is 5.88 Å². The molecule has 0 saturated carbocycles. The number of carbonyl (C=O) groups excluding carboxylic acids is 1. The Morgan fingerprint density at radius 1 is 1.20 bits per heavy atom. The Bertz CT molecular complexity index is 638. The second-order valence-corrected chi connectivity index (χ2v) is 3.93. The molecule has 0 radical (unpaired) electrons. The first-order chi connectivity index (χ1) is 9.60. The molecule has 0 fully saturated rings. The van der Waals surface area contributed by atoms with Gasteiger partial charge in [-0.3, -0.25) is 4.79 Å². The maximum absolute atomic E-state index is 12.0. The number of nitrogens with zero attached hydrogens (tertiary/aromatic N) is 1. The fourth-order valence-electron chi connectivity index (χ4n) is 1.57. The molecule has 2 aromatic rings. The Morgan fingerprint density at radius 2 is 1.95 bits per heavy atom. The van der Waals surface area contributed by atoms with E-state index in [-0.39, 0.29) is 11.1 Å². The van der Waals surface area contributed by atoms with Crippen molar-refractivity contribution in [2.24, 2.45) is 0 Å². The maximum atomic E-state index is 12.0. The van der Waals surface area contributed by atoms with E-state index in [0.717, 1.165) is 0 Å². The Kier molecular flexibility index (Phi) is 3.95. The molecule has 0 atom stereocenters. The number of ether oxygens (including phenoxy) is 1. The van der Waals surface area contributed by atoms with E-state index in [4.69, 9.17) is 9.84 Å². The summed E-state index contributed by atoms with van der Waals surface area (Å²) in [6.45, 7) is 0. The van der Waals surface area contributed by atoms with E-state index < -0.39 is 11.9 Å². The third-order valence-electron chi connectivity index (χ3n) is 2.58. The number of methoxy groups -OCH3 is 1. The van der Waals surface area contributed by atoms with Crippen molar-refractivity contribution in [2.75, 3.05) is 12.4 Å². The smallest absolute Gasteiger partial charge is 0.335 e. The van der Waals surface area contributed by atoms with Crippen LogP contribution in [0.25, 0.3) is 0 Å². The number of aromatic carboxylic acids is 1. The van der Waals surface area contributed by atoms with Crippen LogP contribution in [0.2, 0.25) is 0 Å². The van der Waals surface area contributed by atoms with Gasteiger partial charge in [0, 0.05) is 11.6 Å². The molecule has 0 aliphatic rings. The fraction of sp³-hybridized carbons (Fsp3) is 0.0714. The van der Waals surface area contributed by atoms with E-state index in [9.17, 15) is 9.59 Å². The zero-order chi connectivity index (χ0) is 14.5. The van der Waals surface area contributed by atoms with Crippen molar-refractivity contribution >= 4 is 17.6 Å². The predicted molar refractivity (Wildman–Crippen MR) is 72.1 cm³/mol. The lowest BCUT2D eigenvalue weighted by Gasteiger charge is -2.06. The molecule has 6 heteroatoms. The van der Waals surface area contributed by atoms with Gasteiger partial charge in [0.25, 0.3) is 5.91 Å². The molecule has 1 aromatic carbocycles. The fourth-order valence-corrected chi connectivity index (χ4v) is 1.57. The number of rotatable bonds is 4. The molecule has 2 rings (SSSR count). The molecule has 0 spiro atoms. The highest BCUT2D eigenvalue weighted by atomic mass is 16.5. The van der Waals surface area contributed by atoms with E-state index in [2.05, 4.69) is 10.3 Å². The SMILES string of the molecule is COc1ccc(NC(=O)c2cccc(C(=O)O)c2)cn1. The van der Waals surface area contributed by atoms with Gasteiger partial charge in [-0.2, -0.15) is 0 Å². The zero-order valence-corrected chi connectivity index (χ0v) is 10.7. The van der Waals surface area contributed by atoms with Gasteiger partial charge in [-0.25, -0.2) is 9.78 Å². The summed E-state index contributed by atoms with van der Waals surface area (Å²) in [6.07, 6.45) is 1.46. The van der Waals surface area contributed by atoms with E-state index >= 15 is 0 Å². The first kappa shape index (κ1) is 13.5. The Hall–Kier alpha value is -2.89. The van der Waals surface area contributed by atoms with E-state index in [0.29, 0.717) is 11.6 Å². The minimum Gasteiger partial charge on any atom is -0.481 e. The molecular weight excluding hydrogens is 260 g/mol. The van der Waals surface area contributed by atoms with Crippen LogP contribution in [0.1, 0.15) is 20.7 Å². The van der Waals surface area contributed by atoms with Crippen molar-refractivity contribution in [2.45, 2.75) is 0 Å². The monoisotopic (exact) mass is 272 g/mol. The lowest BCUT2D eigenvalue weighted by molar-refractivity contribution is 0.0697. The van der Waals surface area contributed by atoms with Crippen LogP contribution in [-0.4, -0.2) is 29.1 Å². The number of nitrogens with one attached hydrogen (secondary N) is 1. The standard InChI is InChI=1S/C14H12N2O4/c1-20-12-6-5-11(8-15-12)16-13(17)9-3-2-4-10(7-9)14(18)19/h2-8H,1H3,(H,16,17)(H,18,19). The second-order valence-electron chi connectivity index (χ2n) is 3.93. The third-order valence-corrected chi connectivity index (χ3v) is 2.58. The molecule has 20 heavy (non-hydrogen) atoms. The Labute approximate surface area is 115 Å². The van der Waals surface area contributed by atoms with Gasteiger partial charge in [0.1, 0.15) is 0 Å². The summed E-state index contributed by atoms with van der Waals surface area (Å²) in [5.74, 6) is -1.04. The quantitative estimate of drug-likeness (QED) is 0.889. The van der Waals surface area contributed by atoms with Gasteiger partial charge in [-0.15, -0.1) is 0 Å². The largest absolute Gasteiger partial charge is 0.481 e. The molecule has 0 aliphatic carbocycles. The Balaban J connectivity index is 2.14. The summed E-state index contributed by atoms with van der Waals surface area (Å²) in [7, 11) is 1.50. The van der Waals surface area contributed by atoms with Gasteiger partial charge in [-0.1, -0.05) is 6.07 Å². The van der Waals surface area contributed by atoms with Gasteiger partial charge >= 0.3 is 5.97 Å². The molecule has 1 amide bonds. The number of aromatic nitrogens is 1. The van der Waals surface area contributed by atoms with Crippen molar-refractivity contribution in [3.05, 3.63) is 53.7 Å². The van der Waals surface area contributed by atoms with Crippen LogP contribution in [-0.2, 0) is 0 Å². The van der Waals surface area contributed by atoms with Crippen molar-refractivity contribution < 1.29 is 19.4 Å². The van der Waals surface area contributed by atoms with Gasteiger partial charge in [0.2, 0.25) is 5.88 Å². The molecule has 0 saturated heterocycles. The first-order valence-electron chi connectivity index (χ1n) is 5.75. The number of amides is 1. The highest BCUT2D eigenvalue weighted by Crippen LogP contribution is 2.13. The van der Waals surface area contributed by atoms with Crippen molar-refractivity contribution in [1.29, 1.82) is 0 Å². The first-order valence-corrected chi connectivity index (χ1v) is 5.75. The second kappa shape index (κ2) is 5.83. The van der Waals surface area contributed by atoms with Gasteiger partial charge in [0.05, 0.1) is 24.6 Å². The lowest BCUT2D eigenvalue weighted by atomic mass is 10.1. The van der Waals surface area contributed by atoms with Crippen LogP contribution in [0, 0.1) is 0 Å². The van der Waals surface area contributed by atoms with Crippen molar-refractivity contribution in [3.63, 3.8) is 0 Å². The normalized spacial score (nSPS) is 9.85. The molecule has 0 bridgehead atoms. The van der Waals surface area contributed by atoms with Crippen LogP contribution in [0.3, 0.4) is 0 Å². The number of hydrogen-bond acceptors (Lipinski definition) is 4.